The molecule has 1 unspecified atom stereocenters. The SMILES string of the molecule is CC(=O)N1C=Cc2ccccc2C1CC(=O)N(CCC(=O)O)CC(C)C. The van der Waals surface area contributed by atoms with E-state index in [9.17, 15) is 14.4 Å². The minimum absolute atomic E-state index is 0.0873. The van der Waals surface area contributed by atoms with E-state index in [0.717, 1.165) is 11.1 Å². The first-order valence-electron chi connectivity index (χ1n) is 8.85. The lowest BCUT2D eigenvalue weighted by Crippen LogP contribution is -2.40. The second-order valence-corrected chi connectivity index (χ2v) is 6.97. The zero-order valence-electron chi connectivity index (χ0n) is 15.5. The van der Waals surface area contributed by atoms with E-state index in [2.05, 4.69) is 0 Å². The molecular formula is C20H26N2O4. The molecule has 0 aromatic heterocycles. The van der Waals surface area contributed by atoms with E-state index in [1.165, 1.54) is 6.92 Å². The van der Waals surface area contributed by atoms with Crippen LogP contribution >= 0.6 is 0 Å². The molecule has 140 valence electrons. The summed E-state index contributed by atoms with van der Waals surface area (Å²) in [7, 11) is 0. The van der Waals surface area contributed by atoms with Crippen molar-refractivity contribution in [3.05, 3.63) is 41.6 Å². The van der Waals surface area contributed by atoms with E-state index in [0.29, 0.717) is 6.54 Å². The maximum atomic E-state index is 12.9. The molecule has 1 aromatic rings. The lowest BCUT2D eigenvalue weighted by Gasteiger charge is -2.34. The molecule has 1 heterocycles. The van der Waals surface area contributed by atoms with E-state index in [4.69, 9.17) is 5.11 Å². The Morgan fingerprint density at radius 1 is 1.23 bits per heavy atom. The largest absolute Gasteiger partial charge is 0.481 e. The number of carbonyl (C=O) groups is 3. The van der Waals surface area contributed by atoms with Crippen LogP contribution in [0, 0.1) is 5.92 Å². The van der Waals surface area contributed by atoms with Crippen molar-refractivity contribution in [3.63, 3.8) is 0 Å². The van der Waals surface area contributed by atoms with Crippen LogP contribution in [0.15, 0.2) is 30.5 Å². The first kappa shape index (κ1) is 19.7. The van der Waals surface area contributed by atoms with Crippen molar-refractivity contribution in [1.82, 2.24) is 9.80 Å². The molecule has 6 heteroatoms. The van der Waals surface area contributed by atoms with Crippen LogP contribution in [0.2, 0.25) is 0 Å². The summed E-state index contributed by atoms with van der Waals surface area (Å²) < 4.78 is 0. The highest BCUT2D eigenvalue weighted by atomic mass is 16.4. The summed E-state index contributed by atoms with van der Waals surface area (Å²) in [5.74, 6) is -0.964. The normalized spacial score (nSPS) is 15.7. The Bertz CT molecular complexity index is 712. The van der Waals surface area contributed by atoms with Gasteiger partial charge in [0.05, 0.1) is 18.9 Å². The molecule has 0 saturated heterocycles. The van der Waals surface area contributed by atoms with Gasteiger partial charge in [0.1, 0.15) is 0 Å². The molecule has 0 saturated carbocycles. The zero-order chi connectivity index (χ0) is 19.3. The highest BCUT2D eigenvalue weighted by molar-refractivity contribution is 5.82. The Kier molecular flexibility index (Phi) is 6.55. The van der Waals surface area contributed by atoms with Crippen molar-refractivity contribution in [2.75, 3.05) is 13.1 Å². The first-order chi connectivity index (χ1) is 12.3. The van der Waals surface area contributed by atoms with E-state index >= 15 is 0 Å². The number of aliphatic carboxylic acids is 1. The predicted molar refractivity (Wildman–Crippen MR) is 99.0 cm³/mol. The summed E-state index contributed by atoms with van der Waals surface area (Å²) in [5, 5.41) is 8.94. The Hall–Kier alpha value is -2.63. The number of hydrogen-bond donors (Lipinski definition) is 1. The van der Waals surface area contributed by atoms with Gasteiger partial charge in [-0.1, -0.05) is 38.1 Å². The molecule has 0 radical (unpaired) electrons. The molecule has 0 fully saturated rings. The van der Waals surface area contributed by atoms with Crippen molar-refractivity contribution in [3.8, 4) is 0 Å². The van der Waals surface area contributed by atoms with Gasteiger partial charge in [-0.3, -0.25) is 14.4 Å². The minimum atomic E-state index is -0.928. The van der Waals surface area contributed by atoms with Gasteiger partial charge in [0.2, 0.25) is 11.8 Å². The molecule has 0 bridgehead atoms. The fourth-order valence-electron chi connectivity index (χ4n) is 3.20. The number of carboxylic acids is 1. The summed E-state index contributed by atoms with van der Waals surface area (Å²) >= 11 is 0. The van der Waals surface area contributed by atoms with Crippen molar-refractivity contribution >= 4 is 23.9 Å². The molecule has 2 rings (SSSR count). The van der Waals surface area contributed by atoms with Crippen LogP contribution in [-0.2, 0) is 14.4 Å². The molecule has 26 heavy (non-hydrogen) atoms. The van der Waals surface area contributed by atoms with Crippen LogP contribution in [0.25, 0.3) is 6.08 Å². The Labute approximate surface area is 154 Å². The van der Waals surface area contributed by atoms with Gasteiger partial charge in [0.15, 0.2) is 0 Å². The van der Waals surface area contributed by atoms with Crippen molar-refractivity contribution in [2.45, 2.75) is 39.7 Å². The number of amides is 2. The Morgan fingerprint density at radius 2 is 1.92 bits per heavy atom. The zero-order valence-corrected chi connectivity index (χ0v) is 15.5. The number of carboxylic acid groups (broad SMARTS) is 1. The van der Waals surface area contributed by atoms with Crippen LogP contribution in [-0.4, -0.2) is 45.8 Å². The number of carbonyl (C=O) groups excluding carboxylic acids is 2. The van der Waals surface area contributed by atoms with E-state index in [1.807, 2.05) is 44.2 Å². The number of fused-ring (bicyclic) bond motifs is 1. The summed E-state index contributed by atoms with van der Waals surface area (Å²) in [5.41, 5.74) is 1.92. The molecule has 1 N–H and O–H groups in total. The topological polar surface area (TPSA) is 77.9 Å². The third-order valence-corrected chi connectivity index (χ3v) is 4.37. The lowest BCUT2D eigenvalue weighted by molar-refractivity contribution is -0.139. The maximum Gasteiger partial charge on any atom is 0.305 e. The highest BCUT2D eigenvalue weighted by Crippen LogP contribution is 2.33. The van der Waals surface area contributed by atoms with Gasteiger partial charge in [-0.25, -0.2) is 0 Å². The van der Waals surface area contributed by atoms with Crippen LogP contribution in [0.1, 0.15) is 50.8 Å². The minimum Gasteiger partial charge on any atom is -0.481 e. The van der Waals surface area contributed by atoms with Crippen LogP contribution in [0.5, 0.6) is 0 Å². The summed E-state index contributed by atoms with van der Waals surface area (Å²) in [6.45, 7) is 6.13. The molecule has 1 aliphatic rings. The number of rotatable bonds is 7. The summed E-state index contributed by atoms with van der Waals surface area (Å²) in [6, 6.07) is 7.32. The van der Waals surface area contributed by atoms with Gasteiger partial charge < -0.3 is 14.9 Å². The smallest absolute Gasteiger partial charge is 0.305 e. The standard InChI is InChI=1S/C20H26N2O4/c1-14(2)13-21(10-9-20(25)26)19(24)12-18-17-7-5-4-6-16(17)8-11-22(18)15(3)23/h4-8,11,14,18H,9-10,12-13H2,1-3H3,(H,25,26). The van der Waals surface area contributed by atoms with Crippen LogP contribution in [0.4, 0.5) is 0 Å². The molecule has 1 atom stereocenters. The van der Waals surface area contributed by atoms with Crippen LogP contribution in [0.3, 0.4) is 0 Å². The summed E-state index contributed by atoms with van der Waals surface area (Å²) in [4.78, 5) is 39.0. The maximum absolute atomic E-state index is 12.9. The highest BCUT2D eigenvalue weighted by Gasteiger charge is 2.30. The third kappa shape index (κ3) is 4.94. The summed E-state index contributed by atoms with van der Waals surface area (Å²) in [6.07, 6.45) is 3.63. The van der Waals surface area contributed by atoms with Crippen molar-refractivity contribution in [1.29, 1.82) is 0 Å². The van der Waals surface area contributed by atoms with Crippen molar-refractivity contribution in [2.24, 2.45) is 5.92 Å². The second-order valence-electron chi connectivity index (χ2n) is 6.97. The monoisotopic (exact) mass is 358 g/mol. The molecule has 6 nitrogen and oxygen atoms in total. The number of benzene rings is 1. The predicted octanol–water partition coefficient (Wildman–Crippen LogP) is 2.91. The quantitative estimate of drug-likeness (QED) is 0.813. The number of nitrogens with zero attached hydrogens (tertiary/aromatic N) is 2. The van der Waals surface area contributed by atoms with Gasteiger partial charge in [-0.2, -0.15) is 0 Å². The second kappa shape index (κ2) is 8.65. The fourth-order valence-corrected chi connectivity index (χ4v) is 3.20. The Balaban J connectivity index is 2.23. The average molecular weight is 358 g/mol. The van der Waals surface area contributed by atoms with Gasteiger partial charge in [-0.15, -0.1) is 0 Å². The number of hydrogen-bond acceptors (Lipinski definition) is 3. The average Bonchev–Trinajstić information content (AvgIpc) is 2.58. The van der Waals surface area contributed by atoms with E-state index in [-0.39, 0.29) is 43.2 Å². The molecule has 1 aromatic carbocycles. The Morgan fingerprint density at radius 3 is 2.54 bits per heavy atom. The first-order valence-corrected chi connectivity index (χ1v) is 8.85. The van der Waals surface area contributed by atoms with Crippen molar-refractivity contribution < 1.29 is 19.5 Å². The lowest BCUT2D eigenvalue weighted by atomic mass is 9.93. The van der Waals surface area contributed by atoms with Gasteiger partial charge in [0.25, 0.3) is 0 Å². The fraction of sp³-hybridized carbons (Fsp3) is 0.450. The van der Waals surface area contributed by atoms with E-state index < -0.39 is 5.97 Å². The van der Waals surface area contributed by atoms with Gasteiger partial charge >= 0.3 is 5.97 Å². The molecule has 2 amide bonds. The van der Waals surface area contributed by atoms with Gasteiger partial charge in [-0.05, 0) is 23.1 Å². The third-order valence-electron chi connectivity index (χ3n) is 4.37. The molecular weight excluding hydrogens is 332 g/mol. The molecule has 0 aliphatic carbocycles. The van der Waals surface area contributed by atoms with E-state index in [1.54, 1.807) is 16.0 Å². The molecule has 1 aliphatic heterocycles. The van der Waals surface area contributed by atoms with Gasteiger partial charge in [0, 0.05) is 26.2 Å². The van der Waals surface area contributed by atoms with Crippen LogP contribution < -0.4 is 0 Å². The molecule has 0 spiro atoms.